The fourth-order valence-corrected chi connectivity index (χ4v) is 3.15. The van der Waals surface area contributed by atoms with E-state index in [1.807, 2.05) is 6.92 Å². The van der Waals surface area contributed by atoms with Gasteiger partial charge in [-0.1, -0.05) is 13.0 Å². The second-order valence-electron chi connectivity index (χ2n) is 6.10. The van der Waals surface area contributed by atoms with Crippen molar-refractivity contribution in [3.63, 3.8) is 0 Å². The number of amides is 3. The maximum absolute atomic E-state index is 14.5. The topological polar surface area (TPSA) is 92.9 Å². The average molecular weight is 321 g/mol. The molecule has 2 saturated heterocycles. The summed E-state index contributed by atoms with van der Waals surface area (Å²) in [6.07, 6.45) is -0.00550. The summed E-state index contributed by atoms with van der Waals surface area (Å²) in [7, 11) is 0. The summed E-state index contributed by atoms with van der Waals surface area (Å²) in [5.41, 5.74) is 5.46. The van der Waals surface area contributed by atoms with Crippen LogP contribution >= 0.6 is 0 Å². The number of carbonyl (C=O) groups excluding carboxylic acids is 3. The summed E-state index contributed by atoms with van der Waals surface area (Å²) >= 11 is 0. The number of nitrogens with zero attached hydrogens (tertiary/aromatic N) is 2. The lowest BCUT2D eigenvalue weighted by Gasteiger charge is -2.46. The van der Waals surface area contributed by atoms with E-state index in [1.165, 1.54) is 6.07 Å². The van der Waals surface area contributed by atoms with Crippen molar-refractivity contribution in [1.82, 2.24) is 4.90 Å². The zero-order valence-corrected chi connectivity index (χ0v) is 12.5. The van der Waals surface area contributed by atoms with Crippen LogP contribution in [0.2, 0.25) is 0 Å². The number of ether oxygens (including phenoxy) is 1. The molecule has 3 rings (SSSR count). The van der Waals surface area contributed by atoms with Crippen LogP contribution in [0.25, 0.3) is 0 Å². The lowest BCUT2D eigenvalue weighted by molar-refractivity contribution is -0.124. The van der Waals surface area contributed by atoms with Crippen LogP contribution < -0.4 is 10.6 Å². The molecule has 2 aliphatic rings. The van der Waals surface area contributed by atoms with Gasteiger partial charge in [-0.2, -0.15) is 0 Å². The normalized spacial score (nSPS) is 22.5. The monoisotopic (exact) mass is 321 g/mol. The first-order chi connectivity index (χ1) is 10.9. The molecule has 23 heavy (non-hydrogen) atoms. The van der Waals surface area contributed by atoms with Gasteiger partial charge in [0.25, 0.3) is 0 Å². The molecule has 1 unspecified atom stereocenters. The SMILES string of the molecule is CC1(c2ccc(N3C(=O)OCC3C(N)=O)cc2F)CN(C=O)C1. The Morgan fingerprint density at radius 3 is 2.74 bits per heavy atom. The Labute approximate surface area is 131 Å². The lowest BCUT2D eigenvalue weighted by atomic mass is 9.75. The molecular formula is C15H16FN3O4. The summed E-state index contributed by atoms with van der Waals surface area (Å²) in [5.74, 6) is -1.22. The Bertz CT molecular complexity index is 687. The van der Waals surface area contributed by atoms with Crippen LogP contribution in [0, 0.1) is 5.82 Å². The standard InChI is InChI=1S/C15H16FN3O4/c1-15(6-18(7-15)8-20)10-3-2-9(4-11(10)16)19-12(13(17)21)5-23-14(19)22/h2-4,8,12H,5-7H2,1H3,(H2,17,21). The summed E-state index contributed by atoms with van der Waals surface area (Å²) in [5, 5.41) is 0. The third-order valence-corrected chi connectivity index (χ3v) is 4.34. The van der Waals surface area contributed by atoms with Gasteiger partial charge in [0.15, 0.2) is 6.04 Å². The highest BCUT2D eigenvalue weighted by Gasteiger charge is 2.42. The first-order valence-corrected chi connectivity index (χ1v) is 7.10. The van der Waals surface area contributed by atoms with Crippen LogP contribution in [0.15, 0.2) is 18.2 Å². The minimum atomic E-state index is -0.947. The molecule has 0 radical (unpaired) electrons. The molecule has 3 amide bonds. The number of rotatable bonds is 4. The molecule has 1 atom stereocenters. The molecular weight excluding hydrogens is 305 g/mol. The highest BCUT2D eigenvalue weighted by molar-refractivity contribution is 5.99. The first kappa shape index (κ1) is 15.3. The molecule has 0 aliphatic carbocycles. The van der Waals surface area contributed by atoms with Gasteiger partial charge in [0.1, 0.15) is 12.4 Å². The van der Waals surface area contributed by atoms with Gasteiger partial charge in [-0.3, -0.25) is 14.5 Å². The summed E-state index contributed by atoms with van der Waals surface area (Å²) < 4.78 is 19.3. The predicted octanol–water partition coefficient (Wildman–Crippen LogP) is 0.366. The number of anilines is 1. The van der Waals surface area contributed by atoms with Crippen LogP contribution in [0.5, 0.6) is 0 Å². The van der Waals surface area contributed by atoms with Gasteiger partial charge in [-0.25, -0.2) is 9.18 Å². The highest BCUT2D eigenvalue weighted by Crippen LogP contribution is 2.36. The number of carbonyl (C=O) groups is 3. The van der Waals surface area contributed by atoms with Crippen LogP contribution in [0.3, 0.4) is 0 Å². The van der Waals surface area contributed by atoms with Gasteiger partial charge in [0.2, 0.25) is 12.3 Å². The van der Waals surface area contributed by atoms with Crippen molar-refractivity contribution >= 4 is 24.1 Å². The van der Waals surface area contributed by atoms with E-state index in [9.17, 15) is 18.8 Å². The number of halogens is 1. The predicted molar refractivity (Wildman–Crippen MR) is 78.2 cm³/mol. The van der Waals surface area contributed by atoms with Crippen molar-refractivity contribution < 1.29 is 23.5 Å². The van der Waals surface area contributed by atoms with Crippen LogP contribution in [0.1, 0.15) is 12.5 Å². The largest absolute Gasteiger partial charge is 0.446 e. The average Bonchev–Trinajstić information content (AvgIpc) is 2.85. The lowest BCUT2D eigenvalue weighted by Crippen LogP contribution is -2.57. The fourth-order valence-electron chi connectivity index (χ4n) is 3.15. The number of hydrogen-bond acceptors (Lipinski definition) is 4. The fraction of sp³-hybridized carbons (Fsp3) is 0.400. The molecule has 2 aliphatic heterocycles. The Kier molecular flexibility index (Phi) is 3.46. The van der Waals surface area contributed by atoms with Crippen molar-refractivity contribution in [2.45, 2.75) is 18.4 Å². The Morgan fingerprint density at radius 2 is 2.17 bits per heavy atom. The van der Waals surface area contributed by atoms with E-state index >= 15 is 0 Å². The molecule has 8 heteroatoms. The van der Waals surface area contributed by atoms with Gasteiger partial charge in [-0.05, 0) is 17.7 Å². The summed E-state index contributed by atoms with van der Waals surface area (Å²) in [6, 6.07) is 3.36. The quantitative estimate of drug-likeness (QED) is 0.811. The van der Waals surface area contributed by atoms with E-state index in [0.717, 1.165) is 11.3 Å². The second-order valence-corrected chi connectivity index (χ2v) is 6.10. The zero-order chi connectivity index (χ0) is 16.8. The van der Waals surface area contributed by atoms with Crippen molar-refractivity contribution in [1.29, 1.82) is 0 Å². The van der Waals surface area contributed by atoms with E-state index < -0.39 is 29.3 Å². The Morgan fingerprint density at radius 1 is 1.48 bits per heavy atom. The molecule has 1 aromatic carbocycles. The highest BCUT2D eigenvalue weighted by atomic mass is 19.1. The number of hydrogen-bond donors (Lipinski definition) is 1. The Balaban J connectivity index is 1.89. The first-order valence-electron chi connectivity index (χ1n) is 7.10. The van der Waals surface area contributed by atoms with Crippen molar-refractivity contribution in [2.75, 3.05) is 24.6 Å². The number of cyclic esters (lactones) is 1. The van der Waals surface area contributed by atoms with Crippen LogP contribution in [-0.2, 0) is 19.7 Å². The second kappa shape index (κ2) is 5.22. The van der Waals surface area contributed by atoms with Gasteiger partial charge >= 0.3 is 6.09 Å². The molecule has 0 saturated carbocycles. The van der Waals surface area contributed by atoms with Crippen LogP contribution in [-0.4, -0.2) is 49.0 Å². The van der Waals surface area contributed by atoms with E-state index in [1.54, 1.807) is 17.0 Å². The maximum atomic E-state index is 14.5. The van der Waals surface area contributed by atoms with Crippen molar-refractivity contribution in [3.8, 4) is 0 Å². The maximum Gasteiger partial charge on any atom is 0.415 e. The van der Waals surface area contributed by atoms with E-state index in [-0.39, 0.29) is 12.3 Å². The molecule has 0 spiro atoms. The molecule has 2 N–H and O–H groups in total. The van der Waals surface area contributed by atoms with Gasteiger partial charge < -0.3 is 15.4 Å². The smallest absolute Gasteiger partial charge is 0.415 e. The third-order valence-electron chi connectivity index (χ3n) is 4.34. The molecule has 0 aromatic heterocycles. The van der Waals surface area contributed by atoms with Crippen molar-refractivity contribution in [3.05, 3.63) is 29.6 Å². The molecule has 7 nitrogen and oxygen atoms in total. The van der Waals surface area contributed by atoms with Gasteiger partial charge in [0.05, 0.1) is 5.69 Å². The third kappa shape index (κ3) is 2.39. The van der Waals surface area contributed by atoms with E-state index in [4.69, 9.17) is 10.5 Å². The number of likely N-dealkylation sites (tertiary alicyclic amines) is 1. The van der Waals surface area contributed by atoms with Crippen LogP contribution in [0.4, 0.5) is 14.9 Å². The zero-order valence-electron chi connectivity index (χ0n) is 12.5. The number of benzene rings is 1. The number of nitrogens with two attached hydrogens (primary N) is 1. The van der Waals surface area contributed by atoms with Gasteiger partial charge in [0, 0.05) is 18.5 Å². The van der Waals surface area contributed by atoms with E-state index in [2.05, 4.69) is 0 Å². The minimum absolute atomic E-state index is 0.149. The minimum Gasteiger partial charge on any atom is -0.446 e. The molecule has 2 fully saturated rings. The molecule has 1 aromatic rings. The summed E-state index contributed by atoms with van der Waals surface area (Å²) in [4.78, 5) is 36.4. The summed E-state index contributed by atoms with van der Waals surface area (Å²) in [6.45, 7) is 2.58. The Hall–Kier alpha value is -2.64. The number of primary amides is 1. The van der Waals surface area contributed by atoms with E-state index in [0.29, 0.717) is 18.7 Å². The molecule has 122 valence electrons. The molecule has 2 heterocycles. The van der Waals surface area contributed by atoms with Crippen molar-refractivity contribution in [2.24, 2.45) is 5.73 Å². The van der Waals surface area contributed by atoms with Gasteiger partial charge in [-0.15, -0.1) is 0 Å². The molecule has 0 bridgehead atoms.